The zero-order valence-electron chi connectivity index (χ0n) is 18.4. The average Bonchev–Trinajstić information content (AvgIpc) is 2.71. The maximum atomic E-state index is 13.0. The van der Waals surface area contributed by atoms with Crippen molar-refractivity contribution in [2.24, 2.45) is 5.41 Å². The van der Waals surface area contributed by atoms with Gasteiger partial charge in [0.15, 0.2) is 0 Å². The number of nitrogens with zero attached hydrogens (tertiary/aromatic N) is 2. The van der Waals surface area contributed by atoms with Gasteiger partial charge in [0.1, 0.15) is 0 Å². The molecule has 5 nitrogen and oxygen atoms in total. The Morgan fingerprint density at radius 2 is 1.70 bits per heavy atom. The third-order valence-corrected chi connectivity index (χ3v) is 7.69. The van der Waals surface area contributed by atoms with Crippen LogP contribution in [0.5, 0.6) is 0 Å². The van der Waals surface area contributed by atoms with E-state index in [2.05, 4.69) is 13.8 Å². The van der Waals surface area contributed by atoms with Gasteiger partial charge in [0, 0.05) is 31.7 Å². The Hall–Kier alpha value is -2.18. The molecule has 0 unspecified atom stereocenters. The second-order valence-electron chi connectivity index (χ2n) is 8.94. The molecule has 3 rings (SSSR count). The lowest BCUT2D eigenvalue weighted by molar-refractivity contribution is 0.0583. The van der Waals surface area contributed by atoms with Crippen LogP contribution in [0.4, 0.5) is 0 Å². The predicted octanol–water partition coefficient (Wildman–Crippen LogP) is 4.47. The molecule has 0 saturated carbocycles. The number of carbonyl (C=O) groups excluding carboxylic acids is 1. The highest BCUT2D eigenvalue weighted by Crippen LogP contribution is 2.29. The summed E-state index contributed by atoms with van der Waals surface area (Å²) in [5.74, 6) is 0.0500. The van der Waals surface area contributed by atoms with Crippen LogP contribution in [0.3, 0.4) is 0 Å². The number of sulfonamides is 1. The summed E-state index contributed by atoms with van der Waals surface area (Å²) in [6.07, 6.45) is 2.16. The molecule has 0 aromatic heterocycles. The lowest BCUT2D eigenvalue weighted by Gasteiger charge is -2.38. The molecular weight excluding hydrogens is 396 g/mol. The van der Waals surface area contributed by atoms with Crippen molar-refractivity contribution >= 4 is 15.9 Å². The van der Waals surface area contributed by atoms with Crippen molar-refractivity contribution in [2.45, 2.75) is 52.0 Å². The van der Waals surface area contributed by atoms with Crippen molar-refractivity contribution in [3.05, 3.63) is 65.2 Å². The molecule has 0 aliphatic carbocycles. The van der Waals surface area contributed by atoms with E-state index in [0.717, 1.165) is 37.1 Å². The summed E-state index contributed by atoms with van der Waals surface area (Å²) >= 11 is 0. The fraction of sp³-hybridized carbons (Fsp3) is 0.458. The number of benzene rings is 2. The smallest absolute Gasteiger partial charge is 0.253 e. The van der Waals surface area contributed by atoms with Gasteiger partial charge in [-0.25, -0.2) is 8.42 Å². The fourth-order valence-corrected chi connectivity index (χ4v) is 5.40. The van der Waals surface area contributed by atoms with Crippen molar-refractivity contribution in [2.75, 3.05) is 19.6 Å². The normalized spacial score (nSPS) is 16.6. The molecular formula is C24H32N2O3S. The van der Waals surface area contributed by atoms with Gasteiger partial charge in [-0.2, -0.15) is 4.31 Å². The maximum absolute atomic E-state index is 13.0. The number of amides is 1. The van der Waals surface area contributed by atoms with E-state index in [-0.39, 0.29) is 17.9 Å². The van der Waals surface area contributed by atoms with E-state index < -0.39 is 10.0 Å². The predicted molar refractivity (Wildman–Crippen MR) is 120 cm³/mol. The zero-order chi connectivity index (χ0) is 21.9. The average molecular weight is 429 g/mol. The summed E-state index contributed by atoms with van der Waals surface area (Å²) in [5.41, 5.74) is 2.69. The molecule has 0 spiro atoms. The minimum absolute atomic E-state index is 0.0500. The van der Waals surface area contributed by atoms with E-state index in [0.29, 0.717) is 17.0 Å². The van der Waals surface area contributed by atoms with Gasteiger partial charge >= 0.3 is 0 Å². The molecule has 1 fully saturated rings. The van der Waals surface area contributed by atoms with Crippen molar-refractivity contribution in [3.63, 3.8) is 0 Å². The molecule has 0 atom stereocenters. The van der Waals surface area contributed by atoms with Crippen molar-refractivity contribution in [1.82, 2.24) is 9.21 Å². The minimum Gasteiger partial charge on any atom is -0.338 e. The second kappa shape index (κ2) is 8.90. The van der Waals surface area contributed by atoms with E-state index >= 15 is 0 Å². The van der Waals surface area contributed by atoms with Crippen LogP contribution in [0.2, 0.25) is 0 Å². The Balaban J connectivity index is 1.72. The second-order valence-corrected chi connectivity index (χ2v) is 10.9. The summed E-state index contributed by atoms with van der Waals surface area (Å²) in [7, 11) is -3.56. The quantitative estimate of drug-likeness (QED) is 0.682. The van der Waals surface area contributed by atoms with Crippen LogP contribution in [0.25, 0.3) is 0 Å². The number of piperidine rings is 1. The molecule has 2 aromatic carbocycles. The van der Waals surface area contributed by atoms with Crippen LogP contribution < -0.4 is 0 Å². The topological polar surface area (TPSA) is 57.7 Å². The molecule has 2 aromatic rings. The summed E-state index contributed by atoms with van der Waals surface area (Å²) in [4.78, 5) is 15.1. The number of carbonyl (C=O) groups is 1. The molecule has 1 amide bonds. The van der Waals surface area contributed by atoms with E-state index in [1.165, 1.54) is 4.31 Å². The van der Waals surface area contributed by atoms with Gasteiger partial charge in [0.25, 0.3) is 5.91 Å². The number of likely N-dealkylation sites (tertiary alicyclic amines) is 1. The molecule has 162 valence electrons. The van der Waals surface area contributed by atoms with Gasteiger partial charge in [-0.15, -0.1) is 0 Å². The van der Waals surface area contributed by atoms with Gasteiger partial charge in [-0.05, 0) is 55.0 Å². The monoisotopic (exact) mass is 428 g/mol. The number of hydrogen-bond donors (Lipinski definition) is 0. The minimum atomic E-state index is -3.56. The Kier molecular flexibility index (Phi) is 6.68. The maximum Gasteiger partial charge on any atom is 0.253 e. The van der Waals surface area contributed by atoms with Gasteiger partial charge < -0.3 is 4.90 Å². The summed E-state index contributed by atoms with van der Waals surface area (Å²) < 4.78 is 27.4. The highest BCUT2D eigenvalue weighted by Gasteiger charge is 2.29. The standard InChI is InChI=1S/C24H32N2O3S/c1-5-26(30(28,29)22-13-7-19(2)8-14-22)17-20-9-11-21(12-10-20)23(27)25-16-6-15-24(3,4)18-25/h7-14H,5-6,15-18H2,1-4H3. The van der Waals surface area contributed by atoms with Gasteiger partial charge in [0.05, 0.1) is 4.90 Å². The number of aryl methyl sites for hydroxylation is 1. The van der Waals surface area contributed by atoms with Crippen LogP contribution >= 0.6 is 0 Å². The van der Waals surface area contributed by atoms with E-state index in [9.17, 15) is 13.2 Å². The van der Waals surface area contributed by atoms with Gasteiger partial charge in [0.2, 0.25) is 10.0 Å². The molecule has 6 heteroatoms. The molecule has 1 heterocycles. The van der Waals surface area contributed by atoms with Crippen LogP contribution in [-0.2, 0) is 16.6 Å². The Labute approximate surface area is 180 Å². The highest BCUT2D eigenvalue weighted by molar-refractivity contribution is 7.89. The van der Waals surface area contributed by atoms with Crippen molar-refractivity contribution in [1.29, 1.82) is 0 Å². The first-order valence-electron chi connectivity index (χ1n) is 10.6. The molecule has 0 N–H and O–H groups in total. The Bertz CT molecular complexity index is 980. The van der Waals surface area contributed by atoms with Gasteiger partial charge in [-0.3, -0.25) is 4.79 Å². The van der Waals surface area contributed by atoms with Crippen LogP contribution in [0.15, 0.2) is 53.4 Å². The first-order valence-corrected chi connectivity index (χ1v) is 12.0. The summed E-state index contributed by atoms with van der Waals surface area (Å²) in [5, 5.41) is 0. The van der Waals surface area contributed by atoms with E-state index in [4.69, 9.17) is 0 Å². The van der Waals surface area contributed by atoms with Crippen LogP contribution in [0.1, 0.15) is 55.1 Å². The van der Waals surface area contributed by atoms with Crippen molar-refractivity contribution < 1.29 is 13.2 Å². The Morgan fingerprint density at radius 3 is 2.27 bits per heavy atom. The molecule has 1 saturated heterocycles. The first kappa shape index (κ1) is 22.5. The molecule has 1 aliphatic rings. The van der Waals surface area contributed by atoms with Gasteiger partial charge in [-0.1, -0.05) is 50.6 Å². The summed E-state index contributed by atoms with van der Waals surface area (Å²) in [6.45, 7) is 10.4. The highest BCUT2D eigenvalue weighted by atomic mass is 32.2. The Morgan fingerprint density at radius 1 is 1.07 bits per heavy atom. The third-order valence-electron chi connectivity index (χ3n) is 5.76. The SMILES string of the molecule is CCN(Cc1ccc(C(=O)N2CCCC(C)(C)C2)cc1)S(=O)(=O)c1ccc(C)cc1. The fourth-order valence-electron chi connectivity index (χ4n) is 3.96. The van der Waals surface area contributed by atoms with Crippen LogP contribution in [-0.4, -0.2) is 43.2 Å². The number of rotatable bonds is 6. The molecule has 0 bridgehead atoms. The first-order chi connectivity index (χ1) is 14.1. The molecule has 0 radical (unpaired) electrons. The summed E-state index contributed by atoms with van der Waals surface area (Å²) in [6, 6.07) is 14.2. The van der Waals surface area contributed by atoms with Crippen LogP contribution in [0, 0.1) is 12.3 Å². The lowest BCUT2D eigenvalue weighted by Crippen LogP contribution is -2.43. The van der Waals surface area contributed by atoms with E-state index in [1.54, 1.807) is 12.1 Å². The largest absolute Gasteiger partial charge is 0.338 e. The number of hydrogen-bond acceptors (Lipinski definition) is 3. The molecule has 1 aliphatic heterocycles. The lowest BCUT2D eigenvalue weighted by atomic mass is 9.84. The molecule has 30 heavy (non-hydrogen) atoms. The van der Waals surface area contributed by atoms with E-state index in [1.807, 2.05) is 55.1 Å². The zero-order valence-corrected chi connectivity index (χ0v) is 19.2. The van der Waals surface area contributed by atoms with Crippen molar-refractivity contribution in [3.8, 4) is 0 Å². The third kappa shape index (κ3) is 5.10.